The summed E-state index contributed by atoms with van der Waals surface area (Å²) in [5.41, 5.74) is 0. The van der Waals surface area contributed by atoms with Gasteiger partial charge in [0.05, 0.1) is 0 Å². The Labute approximate surface area is 49.5 Å². The molecule has 0 aromatic rings. The smallest absolute Gasteiger partial charge is 0.272 e. The van der Waals surface area contributed by atoms with Crippen LogP contribution in [-0.2, 0) is 10.1 Å². The molecule has 1 radical (unpaired) electrons. The highest BCUT2D eigenvalue weighted by atomic mass is 32.2. The Morgan fingerprint density at radius 1 is 1.62 bits per heavy atom. The van der Waals surface area contributed by atoms with Gasteiger partial charge in [-0.3, -0.25) is 4.55 Å². The second-order valence-electron chi connectivity index (χ2n) is 1.53. The lowest BCUT2D eigenvalue weighted by Gasteiger charge is -1.99. The molecule has 0 aliphatic rings. The zero-order valence-corrected chi connectivity index (χ0v) is 5.70. The van der Waals surface area contributed by atoms with Crippen molar-refractivity contribution in [3.8, 4) is 0 Å². The fourth-order valence-corrected chi connectivity index (χ4v) is 0.547. The Hall–Kier alpha value is -0.0900. The third kappa shape index (κ3) is 2.28. The Morgan fingerprint density at radius 3 is 2.00 bits per heavy atom. The molecule has 0 unspecified atom stereocenters. The van der Waals surface area contributed by atoms with Crippen LogP contribution in [0.5, 0.6) is 0 Å². The van der Waals surface area contributed by atoms with Crippen molar-refractivity contribution in [3.05, 3.63) is 5.25 Å². The minimum absolute atomic E-state index is 0.109. The lowest BCUT2D eigenvalue weighted by molar-refractivity contribution is 0.482. The molecule has 0 saturated heterocycles. The summed E-state index contributed by atoms with van der Waals surface area (Å²) in [6.45, 7) is 3.05. The van der Waals surface area contributed by atoms with E-state index in [2.05, 4.69) is 0 Å². The quantitative estimate of drug-likeness (QED) is 0.574. The third-order valence-corrected chi connectivity index (χ3v) is 2.11. The number of hydrogen-bond acceptors (Lipinski definition) is 2. The van der Waals surface area contributed by atoms with Gasteiger partial charge in [-0.25, -0.2) is 0 Å². The molecule has 0 atom stereocenters. The van der Waals surface area contributed by atoms with Crippen LogP contribution < -0.4 is 0 Å². The van der Waals surface area contributed by atoms with E-state index in [4.69, 9.17) is 4.55 Å². The van der Waals surface area contributed by atoms with Crippen molar-refractivity contribution in [2.75, 3.05) is 0 Å². The molecule has 0 bridgehead atoms. The first kappa shape index (κ1) is 7.91. The standard InChI is InChI=1S/C4H9O3S/c1-3-4(2)8(5,6)7/h3H2,1-2H3,(H,5,6,7). The molecule has 0 aliphatic carbocycles. The Kier molecular flexibility index (Phi) is 2.43. The van der Waals surface area contributed by atoms with Crippen molar-refractivity contribution in [3.63, 3.8) is 0 Å². The van der Waals surface area contributed by atoms with Crippen LogP contribution in [0, 0.1) is 5.25 Å². The normalized spacial score (nSPS) is 12.5. The maximum atomic E-state index is 10.1. The maximum Gasteiger partial charge on any atom is 0.272 e. The van der Waals surface area contributed by atoms with Crippen molar-refractivity contribution in [1.29, 1.82) is 0 Å². The van der Waals surface area contributed by atoms with Gasteiger partial charge in [0.2, 0.25) is 0 Å². The molecule has 8 heavy (non-hydrogen) atoms. The second-order valence-corrected chi connectivity index (χ2v) is 3.18. The summed E-state index contributed by atoms with van der Waals surface area (Å²) in [5, 5.41) is 0.109. The molecule has 0 aliphatic heterocycles. The first-order valence-corrected chi connectivity index (χ1v) is 3.72. The van der Waals surface area contributed by atoms with Gasteiger partial charge in [-0.1, -0.05) is 6.92 Å². The van der Waals surface area contributed by atoms with Gasteiger partial charge in [0, 0.05) is 0 Å². The zero-order valence-electron chi connectivity index (χ0n) is 4.88. The molecule has 0 rings (SSSR count). The third-order valence-electron chi connectivity index (χ3n) is 0.938. The highest BCUT2D eigenvalue weighted by Crippen LogP contribution is 2.09. The van der Waals surface area contributed by atoms with Crippen LogP contribution in [0.1, 0.15) is 20.3 Å². The Bertz CT molecular complexity index is 147. The molecular weight excluding hydrogens is 128 g/mol. The van der Waals surface area contributed by atoms with Crippen LogP contribution in [0.25, 0.3) is 0 Å². The summed E-state index contributed by atoms with van der Waals surface area (Å²) in [6, 6.07) is 0. The highest BCUT2D eigenvalue weighted by Gasteiger charge is 2.14. The average Bonchev–Trinajstić information content (AvgIpc) is 1.62. The molecule has 0 fully saturated rings. The largest absolute Gasteiger partial charge is 0.285 e. The summed E-state index contributed by atoms with van der Waals surface area (Å²) < 4.78 is 28.4. The van der Waals surface area contributed by atoms with E-state index in [1.54, 1.807) is 6.92 Å². The van der Waals surface area contributed by atoms with E-state index in [1.807, 2.05) is 0 Å². The van der Waals surface area contributed by atoms with Gasteiger partial charge in [0.15, 0.2) is 0 Å². The molecule has 0 saturated carbocycles. The topological polar surface area (TPSA) is 54.4 Å². The van der Waals surface area contributed by atoms with Gasteiger partial charge in [-0.2, -0.15) is 8.42 Å². The molecule has 1 N–H and O–H groups in total. The summed E-state index contributed by atoms with van der Waals surface area (Å²) >= 11 is 0. The minimum Gasteiger partial charge on any atom is -0.285 e. The number of hydrogen-bond donors (Lipinski definition) is 1. The molecule has 0 aromatic heterocycles. The zero-order chi connectivity index (χ0) is 6.78. The molecule has 0 heterocycles. The van der Waals surface area contributed by atoms with Gasteiger partial charge in [-0.15, -0.1) is 0 Å². The van der Waals surface area contributed by atoms with Crippen molar-refractivity contribution in [2.24, 2.45) is 0 Å². The van der Waals surface area contributed by atoms with Crippen molar-refractivity contribution in [2.45, 2.75) is 20.3 Å². The maximum absolute atomic E-state index is 10.1. The Morgan fingerprint density at radius 2 is 2.00 bits per heavy atom. The fourth-order valence-electron chi connectivity index (χ4n) is 0.182. The molecule has 0 amide bonds. The first-order valence-electron chi connectivity index (χ1n) is 2.28. The predicted molar refractivity (Wildman–Crippen MR) is 30.8 cm³/mol. The van der Waals surface area contributed by atoms with Crippen molar-refractivity contribution in [1.82, 2.24) is 0 Å². The summed E-state index contributed by atoms with van der Waals surface area (Å²) in [5.74, 6) is 0. The van der Waals surface area contributed by atoms with E-state index < -0.39 is 10.1 Å². The van der Waals surface area contributed by atoms with Crippen molar-refractivity contribution >= 4 is 10.1 Å². The highest BCUT2D eigenvalue weighted by molar-refractivity contribution is 7.88. The SMILES string of the molecule is CC[C](C)S(=O)(=O)O. The lowest BCUT2D eigenvalue weighted by Crippen LogP contribution is -2.05. The molecule has 4 heteroatoms. The summed E-state index contributed by atoms with van der Waals surface area (Å²) in [4.78, 5) is 0. The summed E-state index contributed by atoms with van der Waals surface area (Å²) in [6.07, 6.45) is 0.374. The van der Waals surface area contributed by atoms with E-state index in [9.17, 15) is 8.42 Å². The van der Waals surface area contributed by atoms with Gasteiger partial charge in [0.25, 0.3) is 10.1 Å². The Balaban J connectivity index is 4.04. The average molecular weight is 137 g/mol. The number of rotatable bonds is 2. The van der Waals surface area contributed by atoms with E-state index in [0.29, 0.717) is 6.42 Å². The van der Waals surface area contributed by atoms with Crippen LogP contribution >= 0.6 is 0 Å². The van der Waals surface area contributed by atoms with Crippen LogP contribution in [-0.4, -0.2) is 13.0 Å². The molecule has 49 valence electrons. The molecular formula is C4H9O3S. The van der Waals surface area contributed by atoms with E-state index in [1.165, 1.54) is 6.92 Å². The van der Waals surface area contributed by atoms with Crippen LogP contribution in [0.4, 0.5) is 0 Å². The second kappa shape index (κ2) is 2.46. The van der Waals surface area contributed by atoms with Crippen molar-refractivity contribution < 1.29 is 13.0 Å². The predicted octanol–water partition coefficient (Wildman–Crippen LogP) is 0.836. The van der Waals surface area contributed by atoms with Crippen LogP contribution in [0.3, 0.4) is 0 Å². The fraction of sp³-hybridized carbons (Fsp3) is 0.750. The van der Waals surface area contributed by atoms with E-state index in [-0.39, 0.29) is 5.25 Å². The van der Waals surface area contributed by atoms with Gasteiger partial charge >= 0.3 is 0 Å². The first-order chi connectivity index (χ1) is 3.48. The monoisotopic (exact) mass is 137 g/mol. The van der Waals surface area contributed by atoms with Gasteiger partial charge in [0.1, 0.15) is 5.25 Å². The van der Waals surface area contributed by atoms with Crippen LogP contribution in [0.2, 0.25) is 0 Å². The van der Waals surface area contributed by atoms with Gasteiger partial charge < -0.3 is 0 Å². The van der Waals surface area contributed by atoms with Gasteiger partial charge in [-0.05, 0) is 13.3 Å². The van der Waals surface area contributed by atoms with Crippen LogP contribution in [0.15, 0.2) is 0 Å². The summed E-state index contributed by atoms with van der Waals surface area (Å²) in [7, 11) is -3.84. The minimum atomic E-state index is -3.84. The molecule has 0 aromatic carbocycles. The molecule has 0 spiro atoms. The van der Waals surface area contributed by atoms with E-state index in [0.717, 1.165) is 0 Å². The lowest BCUT2D eigenvalue weighted by atomic mass is 10.4. The molecule has 3 nitrogen and oxygen atoms in total. The van der Waals surface area contributed by atoms with E-state index >= 15 is 0 Å².